The third-order valence-corrected chi connectivity index (χ3v) is 5.40. The lowest BCUT2D eigenvalue weighted by Crippen LogP contribution is -2.46. The number of hydrogen-bond donors (Lipinski definition) is 0. The van der Waals surface area contributed by atoms with Crippen LogP contribution in [-0.4, -0.2) is 45.8 Å². The molecule has 3 rings (SSSR count). The van der Waals surface area contributed by atoms with Crippen molar-refractivity contribution in [3.8, 4) is 5.75 Å². The Balaban J connectivity index is 1.51. The molecule has 136 valence electrons. The molecule has 2 heterocycles. The van der Waals surface area contributed by atoms with Gasteiger partial charge in [-0.15, -0.1) is 11.6 Å². The first-order chi connectivity index (χ1) is 12.2. The summed E-state index contributed by atoms with van der Waals surface area (Å²) in [5.74, 6) is 0.888. The summed E-state index contributed by atoms with van der Waals surface area (Å²) in [6.07, 6.45) is 8.58. The van der Waals surface area contributed by atoms with Crippen molar-refractivity contribution in [2.45, 2.75) is 44.0 Å². The zero-order valence-electron chi connectivity index (χ0n) is 15.2. The van der Waals surface area contributed by atoms with Gasteiger partial charge < -0.3 is 4.74 Å². The molecular formula is C20H28ClN3O. The Kier molecular flexibility index (Phi) is 6.38. The molecule has 4 nitrogen and oxygen atoms in total. The Morgan fingerprint density at radius 1 is 1.24 bits per heavy atom. The van der Waals surface area contributed by atoms with Crippen LogP contribution in [0.3, 0.4) is 0 Å². The first kappa shape index (κ1) is 18.3. The third kappa shape index (κ3) is 4.99. The number of aryl methyl sites for hydroxylation is 1. The number of piperidine rings is 1. The van der Waals surface area contributed by atoms with Crippen LogP contribution >= 0.6 is 11.6 Å². The SMILES string of the molecule is CCN1CCCCC1C(Cl)COc1ccc(Cc2cnn(C)c2)cc1. The monoisotopic (exact) mass is 361 g/mol. The lowest BCUT2D eigenvalue weighted by atomic mass is 9.99. The van der Waals surface area contributed by atoms with E-state index >= 15 is 0 Å². The number of ether oxygens (including phenoxy) is 1. The minimum absolute atomic E-state index is 0.0373. The van der Waals surface area contributed by atoms with E-state index < -0.39 is 0 Å². The Labute approximate surface area is 155 Å². The summed E-state index contributed by atoms with van der Waals surface area (Å²) < 4.78 is 7.78. The normalized spacial score (nSPS) is 19.7. The van der Waals surface area contributed by atoms with Crippen molar-refractivity contribution in [2.75, 3.05) is 19.7 Å². The lowest BCUT2D eigenvalue weighted by Gasteiger charge is -2.37. The van der Waals surface area contributed by atoms with Gasteiger partial charge in [-0.1, -0.05) is 25.5 Å². The van der Waals surface area contributed by atoms with Gasteiger partial charge in [-0.25, -0.2) is 0 Å². The van der Waals surface area contributed by atoms with Crippen LogP contribution in [0, 0.1) is 0 Å². The summed E-state index contributed by atoms with van der Waals surface area (Å²) in [4.78, 5) is 2.49. The van der Waals surface area contributed by atoms with E-state index in [1.807, 2.05) is 36.3 Å². The maximum absolute atomic E-state index is 6.65. The van der Waals surface area contributed by atoms with E-state index in [1.54, 1.807) is 0 Å². The molecule has 1 aliphatic heterocycles. The molecule has 0 aliphatic carbocycles. The van der Waals surface area contributed by atoms with Gasteiger partial charge in [0.15, 0.2) is 0 Å². The van der Waals surface area contributed by atoms with Crippen LogP contribution in [0.5, 0.6) is 5.75 Å². The summed E-state index contributed by atoms with van der Waals surface area (Å²) in [6, 6.07) is 8.74. The molecule has 0 amide bonds. The fourth-order valence-corrected chi connectivity index (χ4v) is 3.96. The van der Waals surface area contributed by atoms with Crippen molar-refractivity contribution in [2.24, 2.45) is 7.05 Å². The maximum atomic E-state index is 6.65. The summed E-state index contributed by atoms with van der Waals surface area (Å²) in [7, 11) is 1.94. The predicted octanol–water partition coefficient (Wildman–Crippen LogP) is 3.87. The predicted molar refractivity (Wildman–Crippen MR) is 102 cm³/mol. The topological polar surface area (TPSA) is 30.3 Å². The number of hydrogen-bond acceptors (Lipinski definition) is 3. The summed E-state index contributed by atoms with van der Waals surface area (Å²) in [6.45, 7) is 5.00. The number of halogens is 1. The number of likely N-dealkylation sites (tertiary alicyclic amines) is 1. The molecule has 0 bridgehead atoms. The highest BCUT2D eigenvalue weighted by molar-refractivity contribution is 6.21. The zero-order chi connectivity index (χ0) is 17.6. The highest BCUT2D eigenvalue weighted by Gasteiger charge is 2.28. The van der Waals surface area contributed by atoms with Crippen LogP contribution in [0.25, 0.3) is 0 Å². The maximum Gasteiger partial charge on any atom is 0.119 e. The van der Waals surface area contributed by atoms with Gasteiger partial charge in [-0.3, -0.25) is 9.58 Å². The number of rotatable bonds is 7. The lowest BCUT2D eigenvalue weighted by molar-refractivity contribution is 0.133. The second-order valence-corrected chi connectivity index (χ2v) is 7.42. The Hall–Kier alpha value is -1.52. The Morgan fingerprint density at radius 3 is 2.72 bits per heavy atom. The van der Waals surface area contributed by atoms with Crippen molar-refractivity contribution in [1.29, 1.82) is 0 Å². The standard InChI is InChI=1S/C20H28ClN3O/c1-3-24-11-5-4-6-20(24)19(21)15-25-18-9-7-16(8-10-18)12-17-13-22-23(2)14-17/h7-10,13-14,19-20H,3-6,11-12,15H2,1-2H3. The molecule has 0 saturated carbocycles. The quantitative estimate of drug-likeness (QED) is 0.701. The summed E-state index contributed by atoms with van der Waals surface area (Å²) >= 11 is 6.65. The average molecular weight is 362 g/mol. The highest BCUT2D eigenvalue weighted by atomic mass is 35.5. The molecule has 1 saturated heterocycles. The molecular weight excluding hydrogens is 334 g/mol. The molecule has 1 aliphatic rings. The van der Waals surface area contributed by atoms with E-state index in [0.717, 1.165) is 25.3 Å². The van der Waals surface area contributed by atoms with Crippen LogP contribution < -0.4 is 4.74 Å². The molecule has 1 aromatic heterocycles. The molecule has 5 heteroatoms. The molecule has 2 aromatic rings. The second-order valence-electron chi connectivity index (χ2n) is 6.86. The Morgan fingerprint density at radius 2 is 2.04 bits per heavy atom. The molecule has 25 heavy (non-hydrogen) atoms. The van der Waals surface area contributed by atoms with Gasteiger partial charge in [0.05, 0.1) is 11.6 Å². The molecule has 0 spiro atoms. The number of benzene rings is 1. The average Bonchev–Trinajstić information content (AvgIpc) is 3.05. The van der Waals surface area contributed by atoms with Crippen LogP contribution in [0.4, 0.5) is 0 Å². The van der Waals surface area contributed by atoms with Crippen molar-refractivity contribution < 1.29 is 4.74 Å². The van der Waals surface area contributed by atoms with Gasteiger partial charge in [-0.2, -0.15) is 5.10 Å². The third-order valence-electron chi connectivity index (χ3n) is 4.99. The fourth-order valence-electron chi connectivity index (χ4n) is 3.61. The van der Waals surface area contributed by atoms with Gasteiger partial charge in [0.1, 0.15) is 12.4 Å². The van der Waals surface area contributed by atoms with Crippen LogP contribution in [-0.2, 0) is 13.5 Å². The molecule has 1 fully saturated rings. The first-order valence-electron chi connectivity index (χ1n) is 9.23. The second kappa shape index (κ2) is 8.72. The summed E-state index contributed by atoms with van der Waals surface area (Å²) in [5, 5.41) is 4.25. The molecule has 2 unspecified atom stereocenters. The fraction of sp³-hybridized carbons (Fsp3) is 0.550. The van der Waals surface area contributed by atoms with Gasteiger partial charge in [-0.05, 0) is 49.2 Å². The highest BCUT2D eigenvalue weighted by Crippen LogP contribution is 2.24. The van der Waals surface area contributed by atoms with Crippen molar-refractivity contribution in [3.63, 3.8) is 0 Å². The van der Waals surface area contributed by atoms with E-state index in [0.29, 0.717) is 12.6 Å². The van der Waals surface area contributed by atoms with E-state index in [2.05, 4.69) is 29.1 Å². The van der Waals surface area contributed by atoms with Gasteiger partial charge in [0.2, 0.25) is 0 Å². The van der Waals surface area contributed by atoms with Crippen LogP contribution in [0.15, 0.2) is 36.7 Å². The molecule has 0 N–H and O–H groups in total. The minimum Gasteiger partial charge on any atom is -0.492 e. The summed E-state index contributed by atoms with van der Waals surface area (Å²) in [5.41, 5.74) is 2.47. The Bertz CT molecular complexity index is 655. The largest absolute Gasteiger partial charge is 0.492 e. The molecule has 0 radical (unpaired) electrons. The van der Waals surface area contributed by atoms with Crippen molar-refractivity contribution in [3.05, 3.63) is 47.8 Å². The van der Waals surface area contributed by atoms with Gasteiger partial charge in [0.25, 0.3) is 0 Å². The van der Waals surface area contributed by atoms with E-state index in [4.69, 9.17) is 16.3 Å². The van der Waals surface area contributed by atoms with Crippen LogP contribution in [0.2, 0.25) is 0 Å². The van der Waals surface area contributed by atoms with Gasteiger partial charge in [0, 0.05) is 25.7 Å². The minimum atomic E-state index is 0.0373. The van der Waals surface area contributed by atoms with E-state index in [1.165, 1.54) is 30.4 Å². The molecule has 1 aromatic carbocycles. The first-order valence-corrected chi connectivity index (χ1v) is 9.66. The van der Waals surface area contributed by atoms with Gasteiger partial charge >= 0.3 is 0 Å². The number of nitrogens with zero attached hydrogens (tertiary/aromatic N) is 3. The number of aromatic nitrogens is 2. The van der Waals surface area contributed by atoms with E-state index in [-0.39, 0.29) is 5.38 Å². The van der Waals surface area contributed by atoms with Crippen LogP contribution in [0.1, 0.15) is 37.3 Å². The van der Waals surface area contributed by atoms with Crippen molar-refractivity contribution >= 4 is 11.6 Å². The van der Waals surface area contributed by atoms with Crippen molar-refractivity contribution in [1.82, 2.24) is 14.7 Å². The number of alkyl halides is 1. The smallest absolute Gasteiger partial charge is 0.119 e. The molecule has 2 atom stereocenters. The zero-order valence-corrected chi connectivity index (χ0v) is 16.0. The van der Waals surface area contributed by atoms with E-state index in [9.17, 15) is 0 Å².